The van der Waals surface area contributed by atoms with E-state index in [-0.39, 0.29) is 19.9 Å². The molecule has 0 aliphatic heterocycles. The van der Waals surface area contributed by atoms with Crippen LogP contribution in [0, 0.1) is 26.2 Å². The molecule has 0 bridgehead atoms. The van der Waals surface area contributed by atoms with Crippen LogP contribution in [0.25, 0.3) is 0 Å². The van der Waals surface area contributed by atoms with E-state index in [2.05, 4.69) is 26.0 Å². The van der Waals surface area contributed by atoms with E-state index in [1.807, 2.05) is 13.8 Å². The zero-order valence-corrected chi connectivity index (χ0v) is 15.8. The molecule has 2 rings (SSSR count). The highest BCUT2D eigenvalue weighted by Gasteiger charge is 2.48. The lowest BCUT2D eigenvalue weighted by Gasteiger charge is -2.33. The zero-order valence-electron chi connectivity index (χ0n) is 14.9. The van der Waals surface area contributed by atoms with E-state index in [0.717, 1.165) is 61.6 Å². The van der Waals surface area contributed by atoms with Gasteiger partial charge in [0.1, 0.15) is 0 Å². The van der Waals surface area contributed by atoms with Crippen molar-refractivity contribution in [3.05, 3.63) is 34.4 Å². The van der Waals surface area contributed by atoms with Gasteiger partial charge in [0, 0.05) is 11.0 Å². The minimum absolute atomic E-state index is 0.0300. The molecular formula is C20H29O2P. The molecule has 1 saturated carbocycles. The fourth-order valence-corrected chi connectivity index (χ4v) is 5.20. The van der Waals surface area contributed by atoms with Gasteiger partial charge in [0.25, 0.3) is 0 Å². The Kier molecular flexibility index (Phi) is 6.14. The summed E-state index contributed by atoms with van der Waals surface area (Å²) in [6.07, 6.45) is 6.95. The van der Waals surface area contributed by atoms with Crippen molar-refractivity contribution in [2.45, 2.75) is 78.3 Å². The molecule has 0 heterocycles. The minimum Gasteiger partial charge on any atom is -0.293 e. The van der Waals surface area contributed by atoms with Crippen LogP contribution in [-0.4, -0.2) is 11.4 Å². The number of carbonyl (C=O) groups excluding carboxylic acids is 1. The Morgan fingerprint density at radius 2 is 1.74 bits per heavy atom. The number of aryl methyl sites for hydroxylation is 3. The van der Waals surface area contributed by atoms with E-state index >= 15 is 0 Å². The highest BCUT2D eigenvalue weighted by atomic mass is 31.1. The number of rotatable bonds is 7. The third-order valence-corrected chi connectivity index (χ3v) is 6.46. The average molecular weight is 332 g/mol. The first kappa shape index (κ1) is 18.3. The fraction of sp³-hybridized carbons (Fsp3) is 0.650. The van der Waals surface area contributed by atoms with Gasteiger partial charge in [-0.2, -0.15) is 0 Å². The summed E-state index contributed by atoms with van der Waals surface area (Å²) < 4.78 is 11.9. The van der Waals surface area contributed by atoms with Crippen molar-refractivity contribution >= 4 is 14.2 Å². The highest BCUT2D eigenvalue weighted by Crippen LogP contribution is 2.50. The lowest BCUT2D eigenvalue weighted by molar-refractivity contribution is 0.0784. The summed E-state index contributed by atoms with van der Waals surface area (Å²) in [4.78, 5) is 13.5. The molecule has 0 amide bonds. The standard InChI is InChI=1S/C20H29O2P/c1-5-6-9-17(23-22)20(10-7-8-11-20)19(21)18-15(3)12-14(2)13-16(18)4/h12-13,17H,5-11H2,1-4H3. The summed E-state index contributed by atoms with van der Waals surface area (Å²) in [5.41, 5.74) is 3.76. The molecule has 3 heteroatoms. The summed E-state index contributed by atoms with van der Waals surface area (Å²) in [5.74, 6) is 0.245. The Labute approximate surface area is 142 Å². The molecule has 1 aromatic rings. The topological polar surface area (TPSA) is 34.1 Å². The molecule has 23 heavy (non-hydrogen) atoms. The summed E-state index contributed by atoms with van der Waals surface area (Å²) >= 11 is 0. The van der Waals surface area contributed by atoms with Gasteiger partial charge >= 0.3 is 0 Å². The molecule has 1 atom stereocenters. The highest BCUT2D eigenvalue weighted by molar-refractivity contribution is 7.24. The number of hydrogen-bond acceptors (Lipinski definition) is 2. The van der Waals surface area contributed by atoms with Crippen LogP contribution in [0.1, 0.15) is 78.9 Å². The number of unbranched alkanes of at least 4 members (excludes halogenated alkanes) is 1. The Morgan fingerprint density at radius 1 is 1.17 bits per heavy atom. The largest absolute Gasteiger partial charge is 0.293 e. The molecule has 1 aliphatic carbocycles. The summed E-state index contributed by atoms with van der Waals surface area (Å²) in [6, 6.07) is 4.19. The normalized spacial score (nSPS) is 18.3. The lowest BCUT2D eigenvalue weighted by Crippen LogP contribution is -2.38. The van der Waals surface area contributed by atoms with E-state index < -0.39 is 5.41 Å². The van der Waals surface area contributed by atoms with E-state index in [1.165, 1.54) is 5.56 Å². The quantitative estimate of drug-likeness (QED) is 0.439. The van der Waals surface area contributed by atoms with Gasteiger partial charge in [-0.1, -0.05) is 50.3 Å². The van der Waals surface area contributed by atoms with Crippen molar-refractivity contribution in [2.75, 3.05) is 0 Å². The van der Waals surface area contributed by atoms with Crippen molar-refractivity contribution < 1.29 is 9.36 Å². The van der Waals surface area contributed by atoms with Gasteiger partial charge in [-0.25, -0.2) is 0 Å². The Balaban J connectivity index is 2.45. The molecule has 1 aromatic carbocycles. The fourth-order valence-electron chi connectivity index (χ4n) is 4.33. The van der Waals surface area contributed by atoms with Crippen LogP contribution in [0.5, 0.6) is 0 Å². The number of carbonyl (C=O) groups is 1. The summed E-state index contributed by atoms with van der Waals surface area (Å²) in [6.45, 7) is 8.29. The second-order valence-electron chi connectivity index (χ2n) is 7.23. The Morgan fingerprint density at radius 3 is 2.22 bits per heavy atom. The van der Waals surface area contributed by atoms with E-state index in [1.54, 1.807) is 0 Å². The number of Topliss-reactive ketones (excluding diaryl/α,β-unsaturated/α-hetero) is 1. The SMILES string of the molecule is CCCCC(P=O)C1(C(=O)c2c(C)cc(C)cc2C)CCCC1. The van der Waals surface area contributed by atoms with E-state index in [4.69, 9.17) is 0 Å². The van der Waals surface area contributed by atoms with Gasteiger partial charge in [-0.15, -0.1) is 0 Å². The lowest BCUT2D eigenvalue weighted by atomic mass is 9.72. The van der Waals surface area contributed by atoms with Gasteiger partial charge in [-0.3, -0.25) is 9.36 Å². The maximum atomic E-state index is 13.5. The molecule has 0 radical (unpaired) electrons. The maximum absolute atomic E-state index is 13.5. The predicted octanol–water partition coefficient (Wildman–Crippen LogP) is 6.21. The van der Waals surface area contributed by atoms with Crippen LogP contribution in [-0.2, 0) is 4.57 Å². The first-order chi connectivity index (χ1) is 11.0. The van der Waals surface area contributed by atoms with Crippen molar-refractivity contribution in [3.8, 4) is 0 Å². The molecule has 0 saturated heterocycles. The van der Waals surface area contributed by atoms with Crippen LogP contribution in [0.15, 0.2) is 12.1 Å². The number of benzene rings is 1. The molecule has 1 unspecified atom stereocenters. The first-order valence-corrected chi connectivity index (χ1v) is 9.79. The van der Waals surface area contributed by atoms with Gasteiger partial charge in [-0.05, 0) is 51.2 Å². The summed E-state index contributed by atoms with van der Waals surface area (Å²) in [5, 5.41) is 0. The zero-order chi connectivity index (χ0) is 17.0. The van der Waals surface area contributed by atoms with Gasteiger partial charge < -0.3 is 0 Å². The molecule has 126 valence electrons. The molecular weight excluding hydrogens is 303 g/mol. The monoisotopic (exact) mass is 332 g/mol. The molecule has 0 aromatic heterocycles. The van der Waals surface area contributed by atoms with Crippen LogP contribution < -0.4 is 0 Å². The van der Waals surface area contributed by atoms with Crippen molar-refractivity contribution in [2.24, 2.45) is 5.41 Å². The maximum Gasteiger partial charge on any atom is 0.170 e. The molecule has 1 fully saturated rings. The van der Waals surface area contributed by atoms with Gasteiger partial charge in [0.2, 0.25) is 0 Å². The first-order valence-electron chi connectivity index (χ1n) is 8.91. The minimum atomic E-state index is -0.413. The summed E-state index contributed by atoms with van der Waals surface area (Å²) in [7, 11) is 0.147. The molecule has 2 nitrogen and oxygen atoms in total. The van der Waals surface area contributed by atoms with E-state index in [0.29, 0.717) is 0 Å². The van der Waals surface area contributed by atoms with Crippen LogP contribution in [0.4, 0.5) is 0 Å². The van der Waals surface area contributed by atoms with Gasteiger partial charge in [0.15, 0.2) is 14.2 Å². The molecule has 1 aliphatic rings. The van der Waals surface area contributed by atoms with Crippen LogP contribution >= 0.6 is 8.46 Å². The third-order valence-electron chi connectivity index (χ3n) is 5.45. The van der Waals surface area contributed by atoms with E-state index in [9.17, 15) is 9.36 Å². The second kappa shape index (κ2) is 7.71. The number of hydrogen-bond donors (Lipinski definition) is 0. The van der Waals surface area contributed by atoms with Crippen molar-refractivity contribution in [3.63, 3.8) is 0 Å². The Hall–Kier alpha value is -1.01. The second-order valence-corrected chi connectivity index (χ2v) is 8.06. The average Bonchev–Trinajstić information content (AvgIpc) is 2.97. The third kappa shape index (κ3) is 3.58. The van der Waals surface area contributed by atoms with Crippen molar-refractivity contribution in [1.29, 1.82) is 0 Å². The Bertz CT molecular complexity index is 562. The number of ketones is 1. The van der Waals surface area contributed by atoms with Crippen molar-refractivity contribution in [1.82, 2.24) is 0 Å². The molecule has 0 spiro atoms. The smallest absolute Gasteiger partial charge is 0.170 e. The predicted molar refractivity (Wildman–Crippen MR) is 96.8 cm³/mol. The van der Waals surface area contributed by atoms with Crippen LogP contribution in [0.2, 0.25) is 0 Å². The van der Waals surface area contributed by atoms with Gasteiger partial charge in [0.05, 0.1) is 5.66 Å². The van der Waals surface area contributed by atoms with Crippen LogP contribution in [0.3, 0.4) is 0 Å². The molecule has 0 N–H and O–H groups in total.